The van der Waals surface area contributed by atoms with Crippen molar-refractivity contribution in [2.24, 2.45) is 5.92 Å². The van der Waals surface area contributed by atoms with Crippen molar-refractivity contribution in [2.45, 2.75) is 39.2 Å². The number of ether oxygens (including phenoxy) is 1. The van der Waals surface area contributed by atoms with E-state index in [2.05, 4.69) is 31.0 Å². The van der Waals surface area contributed by atoms with Gasteiger partial charge in [0.25, 0.3) is 0 Å². The summed E-state index contributed by atoms with van der Waals surface area (Å²) in [6, 6.07) is 0.308. The highest BCUT2D eigenvalue weighted by Gasteiger charge is 2.27. The first-order chi connectivity index (χ1) is 7.61. The van der Waals surface area contributed by atoms with Gasteiger partial charge in [-0.3, -0.25) is 4.57 Å². The molecule has 1 aromatic heterocycles. The van der Waals surface area contributed by atoms with Crippen LogP contribution < -0.4 is 0 Å². The number of rotatable bonds is 3. The third kappa shape index (κ3) is 2.09. The van der Waals surface area contributed by atoms with Gasteiger partial charge in [0.05, 0.1) is 6.61 Å². The minimum absolute atomic E-state index is 0.308. The molecule has 2 heterocycles. The number of hydrogen-bond acceptors (Lipinski definition) is 3. The van der Waals surface area contributed by atoms with Crippen LogP contribution in [-0.2, 0) is 4.74 Å². The van der Waals surface area contributed by atoms with Crippen LogP contribution in [-0.4, -0.2) is 28.0 Å². The van der Waals surface area contributed by atoms with Crippen molar-refractivity contribution in [3.8, 4) is 0 Å². The molecule has 1 aromatic rings. The van der Waals surface area contributed by atoms with Crippen LogP contribution in [0.25, 0.3) is 0 Å². The van der Waals surface area contributed by atoms with Crippen LogP contribution in [0.1, 0.15) is 45.0 Å². The first-order valence-corrected chi connectivity index (χ1v) is 6.17. The molecule has 2 rings (SSSR count). The fourth-order valence-corrected chi connectivity index (χ4v) is 2.48. The molecule has 1 saturated heterocycles. The lowest BCUT2D eigenvalue weighted by Crippen LogP contribution is -2.19. The minimum atomic E-state index is 0.308. The molecule has 4 nitrogen and oxygen atoms in total. The van der Waals surface area contributed by atoms with Crippen molar-refractivity contribution < 1.29 is 4.74 Å². The molecule has 1 aliphatic rings. The predicted molar refractivity (Wildman–Crippen MR) is 62.8 cm³/mol. The highest BCUT2D eigenvalue weighted by Crippen LogP contribution is 2.30. The Morgan fingerprint density at radius 1 is 1.38 bits per heavy atom. The SMILES string of the molecule is CC(C)c1nnc(Cl)n1C(C)C1CCOC1. The molecule has 0 spiro atoms. The Labute approximate surface area is 101 Å². The topological polar surface area (TPSA) is 39.9 Å². The Bertz CT molecular complexity index is 358. The zero-order valence-corrected chi connectivity index (χ0v) is 10.7. The number of halogens is 1. The molecule has 1 aliphatic heterocycles. The summed E-state index contributed by atoms with van der Waals surface area (Å²) in [5.74, 6) is 1.82. The summed E-state index contributed by atoms with van der Waals surface area (Å²) in [6.45, 7) is 8.04. The van der Waals surface area contributed by atoms with Gasteiger partial charge in [0.2, 0.25) is 5.28 Å². The molecule has 0 bridgehead atoms. The lowest BCUT2D eigenvalue weighted by molar-refractivity contribution is 0.174. The monoisotopic (exact) mass is 243 g/mol. The number of aromatic nitrogens is 3. The number of hydrogen-bond donors (Lipinski definition) is 0. The Hall–Kier alpha value is -0.610. The molecule has 0 amide bonds. The second-order valence-electron chi connectivity index (χ2n) is 4.72. The molecule has 2 atom stereocenters. The quantitative estimate of drug-likeness (QED) is 0.820. The second kappa shape index (κ2) is 4.72. The van der Waals surface area contributed by atoms with Gasteiger partial charge >= 0.3 is 0 Å². The molecule has 1 fully saturated rings. The summed E-state index contributed by atoms with van der Waals surface area (Å²) in [7, 11) is 0. The van der Waals surface area contributed by atoms with Gasteiger partial charge in [0, 0.05) is 24.5 Å². The van der Waals surface area contributed by atoms with E-state index < -0.39 is 0 Å². The summed E-state index contributed by atoms with van der Waals surface area (Å²) in [5.41, 5.74) is 0. The fourth-order valence-electron chi connectivity index (χ4n) is 2.20. The van der Waals surface area contributed by atoms with Crippen LogP contribution in [0.2, 0.25) is 5.28 Å². The van der Waals surface area contributed by atoms with Gasteiger partial charge < -0.3 is 4.74 Å². The smallest absolute Gasteiger partial charge is 0.225 e. The van der Waals surface area contributed by atoms with E-state index in [9.17, 15) is 0 Å². The predicted octanol–water partition coefficient (Wildman–Crippen LogP) is 2.65. The summed E-state index contributed by atoms with van der Waals surface area (Å²) in [6.07, 6.45) is 1.09. The summed E-state index contributed by atoms with van der Waals surface area (Å²) >= 11 is 6.11. The molecule has 16 heavy (non-hydrogen) atoms. The van der Waals surface area contributed by atoms with E-state index >= 15 is 0 Å². The fraction of sp³-hybridized carbons (Fsp3) is 0.818. The first kappa shape index (κ1) is 11.9. The van der Waals surface area contributed by atoms with Crippen LogP contribution in [0, 0.1) is 5.92 Å². The molecule has 0 aliphatic carbocycles. The van der Waals surface area contributed by atoms with Gasteiger partial charge in [0.15, 0.2) is 0 Å². The average Bonchev–Trinajstić information content (AvgIpc) is 2.84. The molecule has 5 heteroatoms. The van der Waals surface area contributed by atoms with Crippen molar-refractivity contribution >= 4 is 11.6 Å². The lowest BCUT2D eigenvalue weighted by atomic mass is 10.00. The molecule has 90 valence electrons. The third-order valence-corrected chi connectivity index (χ3v) is 3.51. The summed E-state index contributed by atoms with van der Waals surface area (Å²) in [4.78, 5) is 0. The van der Waals surface area contributed by atoms with Crippen LogP contribution >= 0.6 is 11.6 Å². The highest BCUT2D eigenvalue weighted by molar-refractivity contribution is 6.28. The molecule has 0 saturated carbocycles. The van der Waals surface area contributed by atoms with Crippen molar-refractivity contribution in [3.05, 3.63) is 11.1 Å². The zero-order chi connectivity index (χ0) is 11.7. The Balaban J connectivity index is 2.27. The number of nitrogens with zero attached hydrogens (tertiary/aromatic N) is 3. The maximum Gasteiger partial charge on any atom is 0.225 e. The first-order valence-electron chi connectivity index (χ1n) is 5.79. The van der Waals surface area contributed by atoms with Crippen molar-refractivity contribution in [1.82, 2.24) is 14.8 Å². The average molecular weight is 244 g/mol. The van der Waals surface area contributed by atoms with Crippen LogP contribution in [0.5, 0.6) is 0 Å². The van der Waals surface area contributed by atoms with Gasteiger partial charge in [0.1, 0.15) is 5.82 Å². The second-order valence-corrected chi connectivity index (χ2v) is 5.05. The third-order valence-electron chi connectivity index (χ3n) is 3.25. The van der Waals surface area contributed by atoms with Crippen LogP contribution in [0.4, 0.5) is 0 Å². The molecular weight excluding hydrogens is 226 g/mol. The maximum atomic E-state index is 6.11. The van der Waals surface area contributed by atoms with E-state index in [1.807, 2.05) is 4.57 Å². The van der Waals surface area contributed by atoms with E-state index in [0.717, 1.165) is 25.5 Å². The van der Waals surface area contributed by atoms with Gasteiger partial charge in [-0.1, -0.05) is 13.8 Å². The maximum absolute atomic E-state index is 6.11. The molecular formula is C11H18ClN3O. The highest BCUT2D eigenvalue weighted by atomic mass is 35.5. The van der Waals surface area contributed by atoms with E-state index in [4.69, 9.17) is 16.3 Å². The van der Waals surface area contributed by atoms with E-state index in [1.165, 1.54) is 0 Å². The molecule has 0 aromatic carbocycles. The molecule has 2 unspecified atom stereocenters. The van der Waals surface area contributed by atoms with Crippen molar-refractivity contribution in [1.29, 1.82) is 0 Å². The normalized spacial score (nSPS) is 22.9. The molecule has 0 radical (unpaired) electrons. The van der Waals surface area contributed by atoms with Crippen LogP contribution in [0.3, 0.4) is 0 Å². The van der Waals surface area contributed by atoms with Gasteiger partial charge in [-0.25, -0.2) is 0 Å². The lowest BCUT2D eigenvalue weighted by Gasteiger charge is -2.22. The Morgan fingerprint density at radius 2 is 2.12 bits per heavy atom. The zero-order valence-electron chi connectivity index (χ0n) is 9.98. The van der Waals surface area contributed by atoms with Gasteiger partial charge in [-0.2, -0.15) is 0 Å². The van der Waals surface area contributed by atoms with Crippen LogP contribution in [0.15, 0.2) is 0 Å². The largest absolute Gasteiger partial charge is 0.381 e. The minimum Gasteiger partial charge on any atom is -0.381 e. The van der Waals surface area contributed by atoms with Crippen molar-refractivity contribution in [2.75, 3.05) is 13.2 Å². The van der Waals surface area contributed by atoms with E-state index in [0.29, 0.717) is 23.2 Å². The Kier molecular flexibility index (Phi) is 3.50. The van der Waals surface area contributed by atoms with Gasteiger partial charge in [-0.05, 0) is 24.9 Å². The van der Waals surface area contributed by atoms with E-state index in [-0.39, 0.29) is 0 Å². The van der Waals surface area contributed by atoms with Crippen molar-refractivity contribution in [3.63, 3.8) is 0 Å². The van der Waals surface area contributed by atoms with Gasteiger partial charge in [-0.15, -0.1) is 10.2 Å². The summed E-state index contributed by atoms with van der Waals surface area (Å²) < 4.78 is 7.47. The van der Waals surface area contributed by atoms with E-state index in [1.54, 1.807) is 0 Å². The molecule has 0 N–H and O–H groups in total. The standard InChI is InChI=1S/C11H18ClN3O/c1-7(2)10-13-14-11(12)15(10)8(3)9-4-5-16-6-9/h7-9H,4-6H2,1-3H3. The summed E-state index contributed by atoms with van der Waals surface area (Å²) in [5, 5.41) is 8.60. The Morgan fingerprint density at radius 3 is 2.69 bits per heavy atom.